The summed E-state index contributed by atoms with van der Waals surface area (Å²) in [6.45, 7) is 0.0579. The van der Waals surface area contributed by atoms with E-state index in [4.69, 9.17) is 4.74 Å². The maximum Gasteiger partial charge on any atom is 0.281 e. The van der Waals surface area contributed by atoms with E-state index in [1.54, 1.807) is 0 Å². The van der Waals surface area contributed by atoms with Crippen molar-refractivity contribution in [3.63, 3.8) is 0 Å². The van der Waals surface area contributed by atoms with E-state index >= 15 is 0 Å². The van der Waals surface area contributed by atoms with Crippen LogP contribution in [0.1, 0.15) is 39.7 Å². The molecule has 5 aliphatic carbocycles. The fourth-order valence-electron chi connectivity index (χ4n) is 7.51. The Morgan fingerprint density at radius 1 is 0.714 bits per heavy atom. The molecule has 0 unspecified atom stereocenters. The number of nitrogens with zero attached hydrogens (tertiary/aromatic N) is 2. The van der Waals surface area contributed by atoms with Crippen LogP contribution in [-0.2, 0) is 11.3 Å². The van der Waals surface area contributed by atoms with Gasteiger partial charge in [0.2, 0.25) is 0 Å². The highest BCUT2D eigenvalue weighted by Gasteiger charge is 2.62. The van der Waals surface area contributed by atoms with E-state index in [1.807, 2.05) is 0 Å². The highest BCUT2D eigenvalue weighted by molar-refractivity contribution is 5.58. The molecule has 4 atom stereocenters. The molecule has 0 amide bonds. The zero-order valence-electron chi connectivity index (χ0n) is 18.7. The van der Waals surface area contributed by atoms with Gasteiger partial charge in [0.05, 0.1) is 34.2 Å². The molecule has 174 valence electrons. The van der Waals surface area contributed by atoms with E-state index in [2.05, 4.69) is 60.7 Å². The average Bonchev–Trinajstić information content (AvgIpc) is 3.43. The van der Waals surface area contributed by atoms with Gasteiger partial charge in [-0.3, -0.25) is 20.2 Å². The molecule has 0 heterocycles. The smallest absolute Gasteiger partial charge is 0.281 e. The molecule has 1 saturated carbocycles. The molecule has 0 radical (unpaired) electrons. The number of nitro benzene ring substituents is 2. The Hall–Kier alpha value is -3.84. The van der Waals surface area contributed by atoms with E-state index in [1.165, 1.54) is 34.4 Å². The molecule has 4 bridgehead atoms. The molecular formula is C28H22N2O5. The topological polar surface area (TPSA) is 95.5 Å². The number of non-ortho nitro benzene ring substituents is 1. The third kappa shape index (κ3) is 2.76. The van der Waals surface area contributed by atoms with Crippen molar-refractivity contribution in [1.82, 2.24) is 0 Å². The van der Waals surface area contributed by atoms with Gasteiger partial charge in [0.25, 0.3) is 11.4 Å². The number of benzene rings is 3. The van der Waals surface area contributed by atoms with Gasteiger partial charge in [-0.1, -0.05) is 60.7 Å². The molecular weight excluding hydrogens is 444 g/mol. The summed E-state index contributed by atoms with van der Waals surface area (Å²) in [4.78, 5) is 21.5. The molecule has 8 rings (SSSR count). The lowest BCUT2D eigenvalue weighted by molar-refractivity contribution is -0.394. The van der Waals surface area contributed by atoms with Crippen molar-refractivity contribution in [3.05, 3.63) is 127 Å². The minimum Gasteiger partial charge on any atom is -0.372 e. The fraction of sp³-hybridized carbons (Fsp3) is 0.286. The second kappa shape index (κ2) is 7.33. The van der Waals surface area contributed by atoms with E-state index < -0.39 is 9.85 Å². The van der Waals surface area contributed by atoms with Gasteiger partial charge in [-0.25, -0.2) is 0 Å². The first-order chi connectivity index (χ1) is 17.0. The minimum atomic E-state index is -0.617. The molecule has 7 heteroatoms. The van der Waals surface area contributed by atoms with Crippen LogP contribution in [0.3, 0.4) is 0 Å². The Bertz CT molecular complexity index is 1320. The van der Waals surface area contributed by atoms with E-state index in [9.17, 15) is 20.2 Å². The first kappa shape index (κ1) is 20.5. The molecule has 3 aromatic rings. The van der Waals surface area contributed by atoms with Crippen molar-refractivity contribution in [3.8, 4) is 0 Å². The quantitative estimate of drug-likeness (QED) is 0.272. The van der Waals surface area contributed by atoms with Crippen LogP contribution in [0.4, 0.5) is 11.4 Å². The van der Waals surface area contributed by atoms with Gasteiger partial charge in [0.15, 0.2) is 0 Å². The van der Waals surface area contributed by atoms with Crippen molar-refractivity contribution in [2.45, 2.75) is 24.5 Å². The highest BCUT2D eigenvalue weighted by Crippen LogP contribution is 2.68. The number of hydrogen-bond acceptors (Lipinski definition) is 5. The van der Waals surface area contributed by atoms with E-state index in [0.717, 1.165) is 6.07 Å². The first-order valence-electron chi connectivity index (χ1n) is 11.9. The molecule has 0 spiro atoms. The zero-order chi connectivity index (χ0) is 23.8. The molecule has 0 N–H and O–H groups in total. The van der Waals surface area contributed by atoms with Crippen LogP contribution in [0.15, 0.2) is 78.9 Å². The predicted molar refractivity (Wildman–Crippen MR) is 128 cm³/mol. The van der Waals surface area contributed by atoms with Crippen molar-refractivity contribution < 1.29 is 14.6 Å². The summed E-state index contributed by atoms with van der Waals surface area (Å²) in [7, 11) is 0. The van der Waals surface area contributed by atoms with Crippen LogP contribution >= 0.6 is 0 Å². The zero-order valence-corrected chi connectivity index (χ0v) is 18.7. The third-order valence-corrected chi connectivity index (χ3v) is 8.66. The van der Waals surface area contributed by atoms with Crippen molar-refractivity contribution in [1.29, 1.82) is 0 Å². The third-order valence-electron chi connectivity index (χ3n) is 8.66. The maximum atomic E-state index is 11.6. The molecule has 0 aliphatic heterocycles. The van der Waals surface area contributed by atoms with Gasteiger partial charge >= 0.3 is 0 Å². The van der Waals surface area contributed by atoms with Crippen LogP contribution in [0, 0.1) is 43.9 Å². The van der Waals surface area contributed by atoms with Gasteiger partial charge < -0.3 is 4.74 Å². The normalized spacial score (nSPS) is 30.6. The lowest BCUT2D eigenvalue weighted by Crippen LogP contribution is -2.41. The summed E-state index contributed by atoms with van der Waals surface area (Å²) < 4.78 is 6.44. The van der Waals surface area contributed by atoms with Gasteiger partial charge in [-0.2, -0.15) is 0 Å². The molecule has 0 saturated heterocycles. The Morgan fingerprint density at radius 3 is 1.69 bits per heavy atom. The second-order valence-corrected chi connectivity index (χ2v) is 10.0. The number of hydrogen-bond donors (Lipinski definition) is 0. The number of nitro groups is 2. The molecule has 35 heavy (non-hydrogen) atoms. The Balaban J connectivity index is 1.23. The standard InChI is InChI=1S/C28H22N2O5/c31-29(32)16-10-9-15(23(13-16)30(33)34)14-35-28-21-11-12-22(28)27-25-18-6-2-1-5-17(18)24(26(21)27)19-7-3-4-8-20(19)25/h1-13,21-22,24-28H,14H2/t21-,22-,24?,25?,26+,27+,28?/m0/s1. The van der Waals surface area contributed by atoms with E-state index in [-0.39, 0.29) is 35.9 Å². The highest BCUT2D eigenvalue weighted by atomic mass is 16.6. The van der Waals surface area contributed by atoms with Gasteiger partial charge in [-0.05, 0) is 40.2 Å². The number of fused-ring (bicyclic) bond motifs is 2. The summed E-state index contributed by atoms with van der Waals surface area (Å²) in [5, 5.41) is 22.7. The Labute approximate surface area is 201 Å². The van der Waals surface area contributed by atoms with Crippen LogP contribution in [-0.4, -0.2) is 16.0 Å². The summed E-state index contributed by atoms with van der Waals surface area (Å²) in [5.41, 5.74) is 5.48. The monoisotopic (exact) mass is 466 g/mol. The van der Waals surface area contributed by atoms with E-state index in [0.29, 0.717) is 29.2 Å². The van der Waals surface area contributed by atoms with Crippen molar-refractivity contribution in [2.75, 3.05) is 0 Å². The van der Waals surface area contributed by atoms with Crippen LogP contribution in [0.5, 0.6) is 0 Å². The summed E-state index contributed by atoms with van der Waals surface area (Å²) in [6, 6.07) is 21.4. The summed E-state index contributed by atoms with van der Waals surface area (Å²) >= 11 is 0. The first-order valence-corrected chi connectivity index (χ1v) is 11.9. The molecule has 1 fully saturated rings. The SMILES string of the molecule is O=[N+]([O-])c1ccc(COC2[C@H]3C=C[C@H]2[C@@H]2C4c5ccccc5C(c5ccccc54)[C@H]23)c([N+](=O)[O-])c1. The molecule has 7 nitrogen and oxygen atoms in total. The fourth-order valence-corrected chi connectivity index (χ4v) is 7.51. The van der Waals surface area contributed by atoms with Crippen LogP contribution in [0.25, 0.3) is 0 Å². The average molecular weight is 466 g/mol. The molecule has 0 aromatic heterocycles. The lowest BCUT2D eigenvalue weighted by atomic mass is 9.52. The minimum absolute atomic E-state index is 0.0579. The molecule has 5 aliphatic rings. The van der Waals surface area contributed by atoms with Crippen LogP contribution < -0.4 is 0 Å². The summed E-state index contributed by atoms with van der Waals surface area (Å²) in [5.74, 6) is 1.95. The second-order valence-electron chi connectivity index (χ2n) is 10.0. The largest absolute Gasteiger partial charge is 0.372 e. The number of ether oxygens (including phenoxy) is 1. The lowest BCUT2D eigenvalue weighted by Gasteiger charge is -2.51. The molecule has 3 aromatic carbocycles. The Morgan fingerprint density at radius 2 is 1.23 bits per heavy atom. The van der Waals surface area contributed by atoms with Gasteiger partial charge in [-0.15, -0.1) is 0 Å². The summed E-state index contributed by atoms with van der Waals surface area (Å²) in [6.07, 6.45) is 4.51. The van der Waals surface area contributed by atoms with Crippen LogP contribution in [0.2, 0.25) is 0 Å². The predicted octanol–water partition coefficient (Wildman–Crippen LogP) is 5.73. The number of rotatable bonds is 5. The maximum absolute atomic E-state index is 11.6. The van der Waals surface area contributed by atoms with Gasteiger partial charge in [0.1, 0.15) is 0 Å². The van der Waals surface area contributed by atoms with Crippen molar-refractivity contribution >= 4 is 11.4 Å². The van der Waals surface area contributed by atoms with Gasteiger partial charge in [0, 0.05) is 29.7 Å². The Kier molecular flexibility index (Phi) is 4.30. The van der Waals surface area contributed by atoms with Crippen molar-refractivity contribution in [2.24, 2.45) is 23.7 Å².